The second-order valence-electron chi connectivity index (χ2n) is 3.22. The fraction of sp³-hybridized carbons (Fsp3) is 0.0833. The summed E-state index contributed by atoms with van der Waals surface area (Å²) in [6, 6.07) is 11.9. The molecule has 0 fully saturated rings. The number of halogens is 2. The van der Waals surface area contributed by atoms with Gasteiger partial charge in [0.15, 0.2) is 0 Å². The Labute approximate surface area is 105 Å². The number of carbonyl (C=O) groups excluding carboxylic acids is 1. The van der Waals surface area contributed by atoms with Gasteiger partial charge in [-0.15, -0.1) is 0 Å². The zero-order chi connectivity index (χ0) is 10.8. The molecule has 15 heavy (non-hydrogen) atoms. The van der Waals surface area contributed by atoms with Crippen LogP contribution in [0.3, 0.4) is 0 Å². The third-order valence-corrected chi connectivity index (χ3v) is 3.72. The number of rotatable bonds is 2. The standard InChI is InChI=1S/C12H8Br2O/c13-11-6-2-3-8-9(11)4-1-5-10(8)12(14)7-15/h1-7,12H. The first kappa shape index (κ1) is 10.8. The van der Waals surface area contributed by atoms with Crippen LogP contribution in [0.15, 0.2) is 40.9 Å². The predicted octanol–water partition coefficient (Wildman–Crippen LogP) is 4.24. The highest BCUT2D eigenvalue weighted by atomic mass is 79.9. The fourth-order valence-corrected chi connectivity index (χ4v) is 2.51. The summed E-state index contributed by atoms with van der Waals surface area (Å²) in [6.07, 6.45) is 0.898. The van der Waals surface area contributed by atoms with E-state index in [0.717, 1.165) is 27.1 Å². The molecule has 2 aromatic carbocycles. The van der Waals surface area contributed by atoms with Crippen LogP contribution >= 0.6 is 31.9 Å². The summed E-state index contributed by atoms with van der Waals surface area (Å²) in [4.78, 5) is 10.5. The Morgan fingerprint density at radius 3 is 2.47 bits per heavy atom. The van der Waals surface area contributed by atoms with E-state index in [1.54, 1.807) is 0 Å². The van der Waals surface area contributed by atoms with Crippen molar-refractivity contribution in [3.8, 4) is 0 Å². The Morgan fingerprint density at radius 1 is 1.07 bits per heavy atom. The van der Waals surface area contributed by atoms with Crippen LogP contribution in [0.1, 0.15) is 10.4 Å². The zero-order valence-corrected chi connectivity index (χ0v) is 11.0. The van der Waals surface area contributed by atoms with Gasteiger partial charge in [0.05, 0.1) is 4.83 Å². The van der Waals surface area contributed by atoms with Crippen LogP contribution in [0, 0.1) is 0 Å². The number of hydrogen-bond donors (Lipinski definition) is 0. The van der Waals surface area contributed by atoms with Crippen LogP contribution in [0.2, 0.25) is 0 Å². The fourth-order valence-electron chi connectivity index (χ4n) is 1.61. The van der Waals surface area contributed by atoms with Gasteiger partial charge in [-0.05, 0) is 22.4 Å². The maximum atomic E-state index is 10.8. The van der Waals surface area contributed by atoms with Gasteiger partial charge in [-0.2, -0.15) is 0 Å². The van der Waals surface area contributed by atoms with Crippen LogP contribution in [0.25, 0.3) is 10.8 Å². The summed E-state index contributed by atoms with van der Waals surface area (Å²) >= 11 is 6.85. The molecule has 0 radical (unpaired) electrons. The molecule has 1 nitrogen and oxygen atoms in total. The third kappa shape index (κ3) is 1.99. The van der Waals surface area contributed by atoms with Gasteiger partial charge in [-0.1, -0.05) is 62.2 Å². The first-order valence-corrected chi connectivity index (χ1v) is 6.21. The molecule has 0 N–H and O–H groups in total. The normalized spacial score (nSPS) is 12.7. The van der Waals surface area contributed by atoms with Crippen molar-refractivity contribution in [3.05, 3.63) is 46.4 Å². The SMILES string of the molecule is O=CC(Br)c1cccc2c(Br)cccc12. The van der Waals surface area contributed by atoms with Crippen molar-refractivity contribution in [2.45, 2.75) is 4.83 Å². The Balaban J connectivity index is 2.76. The minimum Gasteiger partial charge on any atom is -0.302 e. The van der Waals surface area contributed by atoms with Crippen LogP contribution in [0.4, 0.5) is 0 Å². The number of benzene rings is 2. The molecule has 0 aliphatic carbocycles. The first-order chi connectivity index (χ1) is 7.24. The molecule has 0 aliphatic rings. The highest BCUT2D eigenvalue weighted by Crippen LogP contribution is 2.31. The molecule has 2 aromatic rings. The first-order valence-electron chi connectivity index (χ1n) is 4.50. The maximum Gasteiger partial charge on any atom is 0.138 e. The van der Waals surface area contributed by atoms with E-state index in [1.165, 1.54) is 0 Å². The van der Waals surface area contributed by atoms with Crippen molar-refractivity contribution in [2.24, 2.45) is 0 Å². The second-order valence-corrected chi connectivity index (χ2v) is 5.06. The van der Waals surface area contributed by atoms with E-state index in [2.05, 4.69) is 31.9 Å². The molecule has 2 rings (SSSR count). The second kappa shape index (κ2) is 4.45. The molecule has 1 unspecified atom stereocenters. The molecular weight excluding hydrogens is 320 g/mol. The lowest BCUT2D eigenvalue weighted by molar-refractivity contribution is -0.107. The number of carbonyl (C=O) groups is 1. The van der Waals surface area contributed by atoms with Crippen LogP contribution < -0.4 is 0 Å². The number of aldehydes is 1. The molecule has 0 bridgehead atoms. The lowest BCUT2D eigenvalue weighted by Gasteiger charge is -2.08. The molecule has 1 atom stereocenters. The van der Waals surface area contributed by atoms with Crippen LogP contribution in [-0.4, -0.2) is 6.29 Å². The van der Waals surface area contributed by atoms with Gasteiger partial charge in [0, 0.05) is 4.47 Å². The predicted molar refractivity (Wildman–Crippen MR) is 69.4 cm³/mol. The lowest BCUT2D eigenvalue weighted by Crippen LogP contribution is -1.92. The third-order valence-electron chi connectivity index (χ3n) is 2.32. The molecule has 0 aromatic heterocycles. The van der Waals surface area contributed by atoms with Gasteiger partial charge in [0.25, 0.3) is 0 Å². The zero-order valence-electron chi connectivity index (χ0n) is 7.78. The molecule has 76 valence electrons. The Kier molecular flexibility index (Phi) is 3.22. The Morgan fingerprint density at radius 2 is 1.73 bits per heavy atom. The van der Waals surface area contributed by atoms with Gasteiger partial charge < -0.3 is 4.79 Å². The average molecular weight is 328 g/mol. The van der Waals surface area contributed by atoms with Crippen molar-refractivity contribution < 1.29 is 4.79 Å². The lowest BCUT2D eigenvalue weighted by atomic mass is 10.0. The Bertz CT molecular complexity index is 508. The smallest absolute Gasteiger partial charge is 0.138 e. The van der Waals surface area contributed by atoms with Crippen molar-refractivity contribution in [1.29, 1.82) is 0 Å². The van der Waals surface area contributed by atoms with E-state index in [-0.39, 0.29) is 4.83 Å². The van der Waals surface area contributed by atoms with Crippen molar-refractivity contribution in [3.63, 3.8) is 0 Å². The highest BCUT2D eigenvalue weighted by molar-refractivity contribution is 9.10. The van der Waals surface area contributed by atoms with E-state index in [4.69, 9.17) is 0 Å². The number of fused-ring (bicyclic) bond motifs is 1. The summed E-state index contributed by atoms with van der Waals surface area (Å²) in [5.41, 5.74) is 1.00. The van der Waals surface area contributed by atoms with Crippen LogP contribution in [0.5, 0.6) is 0 Å². The van der Waals surface area contributed by atoms with Gasteiger partial charge >= 0.3 is 0 Å². The quantitative estimate of drug-likeness (QED) is 0.595. The van der Waals surface area contributed by atoms with E-state index in [1.807, 2.05) is 36.4 Å². The summed E-state index contributed by atoms with van der Waals surface area (Å²) in [6.45, 7) is 0. The molecule has 0 saturated heterocycles. The summed E-state index contributed by atoms with van der Waals surface area (Å²) in [5, 5.41) is 2.22. The molecule has 3 heteroatoms. The number of hydrogen-bond acceptors (Lipinski definition) is 1. The molecular formula is C12H8Br2O. The minimum absolute atomic E-state index is 0.240. The summed E-state index contributed by atoms with van der Waals surface area (Å²) < 4.78 is 1.05. The molecule has 0 saturated carbocycles. The minimum atomic E-state index is -0.240. The summed E-state index contributed by atoms with van der Waals surface area (Å²) in [5.74, 6) is 0. The van der Waals surface area contributed by atoms with E-state index in [9.17, 15) is 4.79 Å². The van der Waals surface area contributed by atoms with Crippen molar-refractivity contribution >= 4 is 48.9 Å². The van der Waals surface area contributed by atoms with Gasteiger partial charge in [-0.3, -0.25) is 0 Å². The maximum absolute atomic E-state index is 10.8. The molecule has 0 heterocycles. The molecule has 0 aliphatic heterocycles. The molecule has 0 amide bonds. The largest absolute Gasteiger partial charge is 0.302 e. The van der Waals surface area contributed by atoms with E-state index >= 15 is 0 Å². The Hall–Kier alpha value is -0.670. The van der Waals surface area contributed by atoms with Gasteiger partial charge in [0.1, 0.15) is 6.29 Å². The monoisotopic (exact) mass is 326 g/mol. The molecule has 0 spiro atoms. The van der Waals surface area contributed by atoms with Crippen LogP contribution in [-0.2, 0) is 4.79 Å². The highest BCUT2D eigenvalue weighted by Gasteiger charge is 2.10. The topological polar surface area (TPSA) is 17.1 Å². The van der Waals surface area contributed by atoms with Gasteiger partial charge in [-0.25, -0.2) is 0 Å². The van der Waals surface area contributed by atoms with Crippen molar-refractivity contribution in [2.75, 3.05) is 0 Å². The van der Waals surface area contributed by atoms with E-state index in [0.29, 0.717) is 0 Å². The number of alkyl halides is 1. The average Bonchev–Trinajstić information content (AvgIpc) is 2.28. The van der Waals surface area contributed by atoms with E-state index < -0.39 is 0 Å². The van der Waals surface area contributed by atoms with Gasteiger partial charge in [0.2, 0.25) is 0 Å². The van der Waals surface area contributed by atoms with Crippen molar-refractivity contribution in [1.82, 2.24) is 0 Å². The summed E-state index contributed by atoms with van der Waals surface area (Å²) in [7, 11) is 0.